The van der Waals surface area contributed by atoms with Crippen molar-refractivity contribution in [2.24, 2.45) is 10.5 Å². The molecule has 0 atom stereocenters. The second-order valence-electron chi connectivity index (χ2n) is 7.03. The van der Waals surface area contributed by atoms with Gasteiger partial charge in [0.25, 0.3) is 0 Å². The molecule has 0 radical (unpaired) electrons. The molecule has 6 nitrogen and oxygen atoms in total. The van der Waals surface area contributed by atoms with Crippen molar-refractivity contribution in [3.63, 3.8) is 0 Å². The molecule has 0 aliphatic rings. The number of esters is 1. The van der Waals surface area contributed by atoms with Gasteiger partial charge in [-0.15, -0.1) is 5.10 Å². The molecule has 0 bridgehead atoms. The van der Waals surface area contributed by atoms with E-state index in [-0.39, 0.29) is 18.6 Å². The Labute approximate surface area is 137 Å². The lowest BCUT2D eigenvalue weighted by atomic mass is 9.92. The summed E-state index contributed by atoms with van der Waals surface area (Å²) < 4.78 is 10.0. The Hall–Kier alpha value is -1.30. The lowest BCUT2D eigenvalue weighted by Gasteiger charge is -2.26. The van der Waals surface area contributed by atoms with E-state index in [2.05, 4.69) is 5.10 Å². The largest absolute Gasteiger partial charge is 0.461 e. The van der Waals surface area contributed by atoms with Crippen LogP contribution in [0, 0.1) is 5.41 Å². The number of amides is 1. The van der Waals surface area contributed by atoms with E-state index in [9.17, 15) is 9.59 Å². The number of ether oxygens (including phenoxy) is 2. The van der Waals surface area contributed by atoms with Crippen LogP contribution in [0.15, 0.2) is 5.10 Å². The molecule has 0 aliphatic heterocycles. The summed E-state index contributed by atoms with van der Waals surface area (Å²) in [7, 11) is 0. The van der Waals surface area contributed by atoms with Crippen molar-refractivity contribution in [1.82, 2.24) is 5.01 Å². The molecule has 0 aromatic carbocycles. The van der Waals surface area contributed by atoms with E-state index < -0.39 is 22.8 Å². The third kappa shape index (κ3) is 9.60. The van der Waals surface area contributed by atoms with Crippen molar-refractivity contribution in [3.8, 4) is 0 Å². The molecule has 0 aliphatic carbocycles. The molecule has 0 aromatic heterocycles. The zero-order valence-electron chi connectivity index (χ0n) is 14.5. The number of carbonyl (C=O) groups excluding carboxylic acids is 2. The first kappa shape index (κ1) is 20.7. The van der Waals surface area contributed by atoms with Crippen molar-refractivity contribution in [2.75, 3.05) is 13.2 Å². The van der Waals surface area contributed by atoms with Crippen LogP contribution in [0.5, 0.6) is 0 Å². The molecule has 22 heavy (non-hydrogen) atoms. The Balaban J connectivity index is 5.12. The van der Waals surface area contributed by atoms with E-state index in [1.807, 2.05) is 20.8 Å². The van der Waals surface area contributed by atoms with Crippen molar-refractivity contribution < 1.29 is 19.1 Å². The Morgan fingerprint density at radius 3 is 2.09 bits per heavy atom. The highest BCUT2D eigenvalue weighted by atomic mass is 35.5. The summed E-state index contributed by atoms with van der Waals surface area (Å²) in [4.78, 5) is 23.7. The van der Waals surface area contributed by atoms with E-state index in [0.29, 0.717) is 6.42 Å². The molecule has 0 unspecified atom stereocenters. The molecule has 0 fully saturated rings. The number of carbonyl (C=O) groups is 2. The number of hydrogen-bond donors (Lipinski definition) is 0. The summed E-state index contributed by atoms with van der Waals surface area (Å²) in [6.07, 6.45) is 0.0159. The molecule has 0 saturated carbocycles. The lowest BCUT2D eigenvalue weighted by molar-refractivity contribution is -0.134. The maximum Gasteiger partial charge on any atom is 0.430 e. The highest BCUT2D eigenvalue weighted by molar-refractivity contribution is 6.82. The minimum Gasteiger partial charge on any atom is -0.461 e. The molecule has 0 saturated heterocycles. The monoisotopic (exact) mass is 334 g/mol. The second kappa shape index (κ2) is 8.36. The van der Waals surface area contributed by atoms with Crippen LogP contribution in [0.25, 0.3) is 0 Å². The molecule has 0 N–H and O–H groups in total. The number of hydrazone groups is 1. The van der Waals surface area contributed by atoms with Crippen LogP contribution in [0.3, 0.4) is 0 Å². The zero-order valence-corrected chi connectivity index (χ0v) is 15.3. The third-order valence-corrected chi connectivity index (χ3v) is 2.56. The van der Waals surface area contributed by atoms with Gasteiger partial charge >= 0.3 is 12.1 Å². The smallest absolute Gasteiger partial charge is 0.430 e. The van der Waals surface area contributed by atoms with Gasteiger partial charge in [0.1, 0.15) is 5.60 Å². The maximum atomic E-state index is 12.2. The molecular weight excluding hydrogens is 308 g/mol. The Kier molecular flexibility index (Phi) is 7.87. The van der Waals surface area contributed by atoms with Gasteiger partial charge < -0.3 is 9.47 Å². The van der Waals surface area contributed by atoms with Gasteiger partial charge in [0.2, 0.25) is 5.17 Å². The summed E-state index contributed by atoms with van der Waals surface area (Å²) in [6.45, 7) is 13.5. The van der Waals surface area contributed by atoms with Gasteiger partial charge in [-0.2, -0.15) is 5.01 Å². The normalized spacial score (nSPS) is 12.8. The second-order valence-corrected chi connectivity index (χ2v) is 7.38. The van der Waals surface area contributed by atoms with Crippen LogP contribution in [0.1, 0.15) is 54.9 Å². The van der Waals surface area contributed by atoms with E-state index in [0.717, 1.165) is 5.01 Å². The SMILES string of the molecule is CCOC(=O)C(Cl)=NN(CCC(C)(C)C)C(=O)OC(C)(C)C. The van der Waals surface area contributed by atoms with Crippen LogP contribution in [0.2, 0.25) is 0 Å². The fraction of sp³-hybridized carbons (Fsp3) is 0.800. The third-order valence-electron chi connectivity index (χ3n) is 2.33. The highest BCUT2D eigenvalue weighted by Crippen LogP contribution is 2.20. The fourth-order valence-electron chi connectivity index (χ4n) is 1.28. The summed E-state index contributed by atoms with van der Waals surface area (Å²) in [6, 6.07) is 0. The van der Waals surface area contributed by atoms with Crippen LogP contribution >= 0.6 is 11.6 Å². The van der Waals surface area contributed by atoms with E-state index in [1.54, 1.807) is 27.7 Å². The molecule has 7 heteroatoms. The van der Waals surface area contributed by atoms with Gasteiger partial charge in [-0.1, -0.05) is 32.4 Å². The van der Waals surface area contributed by atoms with Crippen LogP contribution in [0.4, 0.5) is 4.79 Å². The molecule has 0 aromatic rings. The average Bonchev–Trinajstić information content (AvgIpc) is 2.30. The standard InChI is InChI=1S/C15H27ClN2O4/c1-8-21-12(19)11(16)17-18(10-9-14(2,3)4)13(20)22-15(5,6)7/h8-10H2,1-7H3. The molecular formula is C15H27ClN2O4. The molecule has 1 amide bonds. The minimum atomic E-state index is -0.770. The number of nitrogens with zero attached hydrogens (tertiary/aromatic N) is 2. The van der Waals surface area contributed by atoms with Crippen LogP contribution in [-0.2, 0) is 14.3 Å². The van der Waals surface area contributed by atoms with Gasteiger partial charge in [0.05, 0.1) is 6.61 Å². The van der Waals surface area contributed by atoms with Gasteiger partial charge in [0.15, 0.2) is 0 Å². The van der Waals surface area contributed by atoms with Gasteiger partial charge in [-0.25, -0.2) is 9.59 Å². The fourth-order valence-corrected chi connectivity index (χ4v) is 1.42. The van der Waals surface area contributed by atoms with Crippen molar-refractivity contribution in [3.05, 3.63) is 0 Å². The first-order valence-corrected chi connectivity index (χ1v) is 7.65. The van der Waals surface area contributed by atoms with Crippen LogP contribution < -0.4 is 0 Å². The van der Waals surface area contributed by atoms with Gasteiger partial charge in [-0.3, -0.25) is 0 Å². The number of rotatable bonds is 5. The molecule has 128 valence electrons. The Bertz CT molecular complexity index is 422. The molecule has 0 heterocycles. The summed E-state index contributed by atoms with van der Waals surface area (Å²) >= 11 is 5.80. The lowest BCUT2D eigenvalue weighted by Crippen LogP contribution is -2.36. The first-order chi connectivity index (χ1) is 9.85. The van der Waals surface area contributed by atoms with Crippen molar-refractivity contribution in [1.29, 1.82) is 0 Å². The first-order valence-electron chi connectivity index (χ1n) is 7.27. The van der Waals surface area contributed by atoms with E-state index >= 15 is 0 Å². The number of hydrogen-bond acceptors (Lipinski definition) is 5. The zero-order chi connectivity index (χ0) is 17.6. The van der Waals surface area contributed by atoms with Crippen molar-refractivity contribution in [2.45, 2.75) is 60.5 Å². The predicted molar refractivity (Wildman–Crippen MR) is 86.9 cm³/mol. The van der Waals surface area contributed by atoms with E-state index in [1.165, 1.54) is 0 Å². The van der Waals surface area contributed by atoms with E-state index in [4.69, 9.17) is 21.1 Å². The molecule has 0 spiro atoms. The van der Waals surface area contributed by atoms with Gasteiger partial charge in [-0.05, 0) is 39.5 Å². The quantitative estimate of drug-likeness (QED) is 0.436. The maximum absolute atomic E-state index is 12.2. The topological polar surface area (TPSA) is 68.2 Å². The summed E-state index contributed by atoms with van der Waals surface area (Å²) in [5, 5.41) is 4.51. The highest BCUT2D eigenvalue weighted by Gasteiger charge is 2.25. The van der Waals surface area contributed by atoms with Gasteiger partial charge in [0, 0.05) is 6.54 Å². The minimum absolute atomic E-state index is 0.00775. The average molecular weight is 335 g/mol. The summed E-state index contributed by atoms with van der Waals surface area (Å²) in [5.41, 5.74) is -0.671. The Morgan fingerprint density at radius 2 is 1.68 bits per heavy atom. The molecule has 0 rings (SSSR count). The number of halogens is 1. The Morgan fingerprint density at radius 1 is 1.14 bits per heavy atom. The summed E-state index contributed by atoms with van der Waals surface area (Å²) in [5.74, 6) is -0.770. The predicted octanol–water partition coefficient (Wildman–Crippen LogP) is 3.78. The van der Waals surface area contributed by atoms with Crippen LogP contribution in [-0.4, -0.2) is 41.0 Å². The van der Waals surface area contributed by atoms with Crippen molar-refractivity contribution >= 4 is 28.8 Å².